The molecule has 0 saturated carbocycles. The molecular weight excluding hydrogens is 500 g/mol. The summed E-state index contributed by atoms with van der Waals surface area (Å²) in [7, 11) is 3.00. The van der Waals surface area contributed by atoms with Gasteiger partial charge in [0.05, 0.1) is 36.8 Å². The van der Waals surface area contributed by atoms with Crippen LogP contribution in [0.3, 0.4) is 0 Å². The number of thioether (sulfide) groups is 1. The lowest BCUT2D eigenvalue weighted by Gasteiger charge is -2.14. The van der Waals surface area contributed by atoms with Crippen molar-refractivity contribution in [2.24, 2.45) is 0 Å². The standard InChI is InChI=1S/C22H17F6N3O3S/c1-33-15-3-4-16(18(10-15)34-2)17-5-6-20(31-30-17)35-11-19(32)29-14-8-12(21(23,24)25)7-13(9-14)22(26,27)28/h3-10H,11H2,1-2H3,(H,29,32). The van der Waals surface area contributed by atoms with Crippen molar-refractivity contribution < 1.29 is 40.6 Å². The van der Waals surface area contributed by atoms with Gasteiger partial charge in [-0.15, -0.1) is 10.2 Å². The second kappa shape index (κ2) is 10.4. The van der Waals surface area contributed by atoms with Gasteiger partial charge < -0.3 is 14.8 Å². The van der Waals surface area contributed by atoms with E-state index in [2.05, 4.69) is 15.5 Å². The number of benzene rings is 2. The molecule has 3 aromatic rings. The highest BCUT2D eigenvalue weighted by molar-refractivity contribution is 7.99. The van der Waals surface area contributed by atoms with Gasteiger partial charge in [-0.05, 0) is 42.5 Å². The number of carbonyl (C=O) groups excluding carboxylic acids is 1. The van der Waals surface area contributed by atoms with Crippen LogP contribution in [-0.4, -0.2) is 36.1 Å². The third-order valence-electron chi connectivity index (χ3n) is 4.55. The minimum atomic E-state index is -5.01. The predicted molar refractivity (Wildman–Crippen MR) is 116 cm³/mol. The highest BCUT2D eigenvalue weighted by atomic mass is 32.2. The Kier molecular flexibility index (Phi) is 7.78. The van der Waals surface area contributed by atoms with E-state index in [1.807, 2.05) is 0 Å². The maximum atomic E-state index is 13.0. The average Bonchev–Trinajstić information content (AvgIpc) is 2.81. The summed E-state index contributed by atoms with van der Waals surface area (Å²) >= 11 is 0.906. The maximum Gasteiger partial charge on any atom is 0.416 e. The minimum absolute atomic E-state index is 0.0145. The van der Waals surface area contributed by atoms with Crippen LogP contribution in [0.4, 0.5) is 32.0 Å². The van der Waals surface area contributed by atoms with E-state index in [1.54, 1.807) is 30.3 Å². The molecule has 0 radical (unpaired) electrons. The van der Waals surface area contributed by atoms with Gasteiger partial charge in [-0.25, -0.2) is 0 Å². The smallest absolute Gasteiger partial charge is 0.416 e. The van der Waals surface area contributed by atoms with E-state index in [1.165, 1.54) is 14.2 Å². The van der Waals surface area contributed by atoms with Gasteiger partial charge in [0.15, 0.2) is 0 Å². The van der Waals surface area contributed by atoms with E-state index < -0.39 is 35.1 Å². The topological polar surface area (TPSA) is 73.3 Å². The summed E-state index contributed by atoms with van der Waals surface area (Å²) in [6.07, 6.45) is -10.0. The number of hydrogen-bond acceptors (Lipinski definition) is 6. The van der Waals surface area contributed by atoms with Crippen molar-refractivity contribution in [3.8, 4) is 22.8 Å². The number of amides is 1. The molecule has 0 bridgehead atoms. The van der Waals surface area contributed by atoms with Crippen LogP contribution in [0.2, 0.25) is 0 Å². The predicted octanol–water partition coefficient (Wildman–Crippen LogP) is 5.93. The van der Waals surface area contributed by atoms with Gasteiger partial charge in [-0.2, -0.15) is 26.3 Å². The first kappa shape index (κ1) is 26.1. The molecule has 1 heterocycles. The molecule has 35 heavy (non-hydrogen) atoms. The van der Waals surface area contributed by atoms with E-state index in [0.717, 1.165) is 11.8 Å². The third kappa shape index (κ3) is 6.78. The van der Waals surface area contributed by atoms with E-state index in [0.29, 0.717) is 39.9 Å². The fourth-order valence-corrected chi connectivity index (χ4v) is 3.53. The molecule has 3 rings (SSSR count). The van der Waals surface area contributed by atoms with Gasteiger partial charge in [0.25, 0.3) is 0 Å². The maximum absolute atomic E-state index is 13.0. The number of hydrogen-bond donors (Lipinski definition) is 1. The van der Waals surface area contributed by atoms with Crippen LogP contribution in [0.25, 0.3) is 11.3 Å². The lowest BCUT2D eigenvalue weighted by molar-refractivity contribution is -0.143. The number of anilines is 1. The molecule has 1 N–H and O–H groups in total. The number of rotatable bonds is 7. The zero-order chi connectivity index (χ0) is 25.8. The highest BCUT2D eigenvalue weighted by Crippen LogP contribution is 2.37. The summed E-state index contributed by atoms with van der Waals surface area (Å²) in [5.41, 5.74) is -2.55. The summed E-state index contributed by atoms with van der Waals surface area (Å²) in [5.74, 6) is -0.0555. The summed E-state index contributed by atoms with van der Waals surface area (Å²) in [5, 5.41) is 10.5. The molecular formula is C22H17F6N3O3S. The summed E-state index contributed by atoms with van der Waals surface area (Å²) in [6, 6.07) is 9.16. The van der Waals surface area contributed by atoms with Crippen molar-refractivity contribution in [3.63, 3.8) is 0 Å². The van der Waals surface area contributed by atoms with Gasteiger partial charge in [-0.1, -0.05) is 11.8 Å². The molecule has 0 fully saturated rings. The fraction of sp³-hybridized carbons (Fsp3) is 0.227. The lowest BCUT2D eigenvalue weighted by atomic mass is 10.1. The van der Waals surface area contributed by atoms with Crippen molar-refractivity contribution in [2.75, 3.05) is 25.3 Å². The number of halogens is 6. The molecule has 13 heteroatoms. The monoisotopic (exact) mass is 517 g/mol. The van der Waals surface area contributed by atoms with Gasteiger partial charge in [0, 0.05) is 17.3 Å². The minimum Gasteiger partial charge on any atom is -0.497 e. The molecule has 0 aliphatic rings. The Morgan fingerprint density at radius 1 is 0.886 bits per heavy atom. The fourth-order valence-electron chi connectivity index (χ4n) is 2.91. The number of methoxy groups -OCH3 is 2. The lowest BCUT2D eigenvalue weighted by Crippen LogP contribution is -2.17. The molecule has 0 aliphatic carbocycles. The third-order valence-corrected chi connectivity index (χ3v) is 5.47. The van der Waals surface area contributed by atoms with Crippen LogP contribution in [0.15, 0.2) is 53.6 Å². The van der Waals surface area contributed by atoms with Gasteiger partial charge >= 0.3 is 12.4 Å². The van der Waals surface area contributed by atoms with Crippen LogP contribution in [0, 0.1) is 0 Å². The molecule has 186 valence electrons. The first-order valence-corrected chi connectivity index (χ1v) is 10.7. The van der Waals surface area contributed by atoms with Gasteiger partial charge in [0.2, 0.25) is 5.91 Å². The van der Waals surface area contributed by atoms with Crippen molar-refractivity contribution in [1.82, 2.24) is 10.2 Å². The van der Waals surface area contributed by atoms with E-state index in [4.69, 9.17) is 9.47 Å². The highest BCUT2D eigenvalue weighted by Gasteiger charge is 2.37. The number of carbonyl (C=O) groups is 1. The summed E-state index contributed by atoms with van der Waals surface area (Å²) in [4.78, 5) is 12.2. The Labute approximate surface area is 199 Å². The van der Waals surface area contributed by atoms with Crippen molar-refractivity contribution in [1.29, 1.82) is 0 Å². The molecule has 0 aliphatic heterocycles. The first-order valence-electron chi connectivity index (χ1n) is 9.69. The Morgan fingerprint density at radius 2 is 1.54 bits per heavy atom. The van der Waals surface area contributed by atoms with Gasteiger partial charge in [0.1, 0.15) is 16.5 Å². The number of aromatic nitrogens is 2. The second-order valence-corrected chi connectivity index (χ2v) is 7.95. The largest absolute Gasteiger partial charge is 0.497 e. The van der Waals surface area contributed by atoms with E-state index in [-0.39, 0.29) is 11.8 Å². The van der Waals surface area contributed by atoms with Crippen LogP contribution in [0.5, 0.6) is 11.5 Å². The molecule has 1 aromatic heterocycles. The van der Waals surface area contributed by atoms with Crippen LogP contribution in [0.1, 0.15) is 11.1 Å². The molecule has 0 atom stereocenters. The quantitative estimate of drug-likeness (QED) is 0.310. The molecule has 0 spiro atoms. The summed E-state index contributed by atoms with van der Waals surface area (Å²) < 4.78 is 88.3. The molecule has 6 nitrogen and oxygen atoms in total. The molecule has 1 amide bonds. The number of alkyl halides is 6. The Bertz CT molecular complexity index is 1170. The van der Waals surface area contributed by atoms with E-state index >= 15 is 0 Å². The zero-order valence-electron chi connectivity index (χ0n) is 18.1. The Balaban J connectivity index is 1.69. The molecule has 0 unspecified atom stereocenters. The van der Waals surface area contributed by atoms with Crippen LogP contribution < -0.4 is 14.8 Å². The van der Waals surface area contributed by atoms with Gasteiger partial charge in [-0.3, -0.25) is 4.79 Å². The average molecular weight is 517 g/mol. The Morgan fingerprint density at radius 3 is 2.06 bits per heavy atom. The summed E-state index contributed by atoms with van der Waals surface area (Å²) in [6.45, 7) is 0. The Hall–Kier alpha value is -3.48. The van der Waals surface area contributed by atoms with Crippen molar-refractivity contribution in [2.45, 2.75) is 17.4 Å². The van der Waals surface area contributed by atoms with Crippen LogP contribution in [-0.2, 0) is 17.1 Å². The first-order chi connectivity index (χ1) is 16.4. The number of nitrogens with one attached hydrogen (secondary N) is 1. The SMILES string of the molecule is COc1ccc(-c2ccc(SCC(=O)Nc3cc(C(F)(F)F)cc(C(F)(F)F)c3)nn2)c(OC)c1. The number of nitrogens with zero attached hydrogens (tertiary/aromatic N) is 2. The normalized spacial score (nSPS) is 11.8. The van der Waals surface area contributed by atoms with E-state index in [9.17, 15) is 31.1 Å². The molecule has 0 saturated heterocycles. The molecule has 2 aromatic carbocycles. The zero-order valence-corrected chi connectivity index (χ0v) is 18.9. The van der Waals surface area contributed by atoms with Crippen molar-refractivity contribution >= 4 is 23.4 Å². The second-order valence-electron chi connectivity index (χ2n) is 6.95. The van der Waals surface area contributed by atoms with Crippen molar-refractivity contribution in [3.05, 3.63) is 59.7 Å². The van der Waals surface area contributed by atoms with Crippen LogP contribution >= 0.6 is 11.8 Å². The number of ether oxygens (including phenoxy) is 2.